The van der Waals surface area contributed by atoms with Gasteiger partial charge >= 0.3 is 0 Å². The molecule has 3 amide bonds. The Balaban J connectivity index is 2.23. The third-order valence-corrected chi connectivity index (χ3v) is 5.96. The summed E-state index contributed by atoms with van der Waals surface area (Å²) in [5.74, 6) is -3.06. The molecule has 10 nitrogen and oxygen atoms in total. The van der Waals surface area contributed by atoms with Gasteiger partial charge in [0, 0.05) is 30.6 Å². The normalized spacial score (nSPS) is 13.7. The van der Waals surface area contributed by atoms with Crippen molar-refractivity contribution in [2.24, 2.45) is 11.7 Å². The Morgan fingerprint density at radius 1 is 1.10 bits per heavy atom. The predicted octanol–water partition coefficient (Wildman–Crippen LogP) is -0.239. The fourth-order valence-electron chi connectivity index (χ4n) is 3.30. The molecule has 0 bridgehead atoms. The molecule has 2 rings (SSSR count). The molecule has 1 aromatic carbocycles. The molecule has 6 N–H and O–H groups in total. The number of carbonyl (C=O) groups is 3. The molecule has 0 aliphatic rings. The number of para-hydroxylation sites is 1. The molecule has 1 heterocycles. The molecule has 1 aromatic heterocycles. The van der Waals surface area contributed by atoms with Crippen LogP contribution >= 0.6 is 0 Å². The number of fused-ring (bicyclic) bond motifs is 1. The van der Waals surface area contributed by atoms with Crippen LogP contribution in [0.4, 0.5) is 0 Å². The number of aromatic amines is 1. The summed E-state index contributed by atoms with van der Waals surface area (Å²) >= 11 is 0. The molecule has 0 saturated heterocycles. The van der Waals surface area contributed by atoms with Crippen molar-refractivity contribution in [1.29, 1.82) is 0 Å². The summed E-state index contributed by atoms with van der Waals surface area (Å²) in [5.41, 5.74) is 6.71. The van der Waals surface area contributed by atoms with Gasteiger partial charge in [0.25, 0.3) is 0 Å². The summed E-state index contributed by atoms with van der Waals surface area (Å²) in [6, 6.07) is 5.49. The number of primary amides is 1. The lowest BCUT2D eigenvalue weighted by atomic mass is 10.0. The first-order chi connectivity index (χ1) is 14.5. The number of likely N-dealkylation sites (N-methyl/N-ethyl adjacent to an activating group) is 1. The summed E-state index contributed by atoms with van der Waals surface area (Å²) in [6.45, 7) is 3.65. The smallest absolute Gasteiger partial charge is 0.242 e. The second-order valence-corrected chi connectivity index (χ2v) is 9.52. The van der Waals surface area contributed by atoms with E-state index in [-0.39, 0.29) is 18.8 Å². The number of nitrogens with one attached hydrogen (secondary N) is 4. The van der Waals surface area contributed by atoms with Gasteiger partial charge in [-0.1, -0.05) is 32.0 Å². The molecule has 2 unspecified atom stereocenters. The Labute approximate surface area is 181 Å². The van der Waals surface area contributed by atoms with Gasteiger partial charge in [-0.05, 0) is 24.0 Å². The number of rotatable bonds is 11. The van der Waals surface area contributed by atoms with Gasteiger partial charge in [-0.2, -0.15) is 0 Å². The molecule has 0 fully saturated rings. The summed E-state index contributed by atoms with van der Waals surface area (Å²) in [5, 5.41) is 6.09. The van der Waals surface area contributed by atoms with Crippen molar-refractivity contribution in [2.45, 2.75) is 38.8 Å². The van der Waals surface area contributed by atoms with Gasteiger partial charge in [-0.3, -0.25) is 14.4 Å². The van der Waals surface area contributed by atoms with Crippen molar-refractivity contribution in [1.82, 2.24) is 20.3 Å². The zero-order valence-corrected chi connectivity index (χ0v) is 18.6. The lowest BCUT2D eigenvalue weighted by molar-refractivity contribution is -0.129. The van der Waals surface area contributed by atoms with E-state index in [9.17, 15) is 22.8 Å². The number of amides is 3. The number of sulfonamides is 1. The van der Waals surface area contributed by atoms with Crippen LogP contribution in [0.5, 0.6) is 0 Å². The van der Waals surface area contributed by atoms with E-state index in [4.69, 9.17) is 5.73 Å². The van der Waals surface area contributed by atoms with Crippen molar-refractivity contribution in [3.8, 4) is 0 Å². The average molecular weight is 452 g/mol. The van der Waals surface area contributed by atoms with Crippen molar-refractivity contribution < 1.29 is 22.8 Å². The lowest BCUT2D eigenvalue weighted by Crippen LogP contribution is -2.55. The van der Waals surface area contributed by atoms with Gasteiger partial charge in [0.05, 0.1) is 0 Å². The summed E-state index contributed by atoms with van der Waals surface area (Å²) in [7, 11) is -2.65. The van der Waals surface area contributed by atoms with E-state index in [1.54, 1.807) is 6.20 Å². The number of hydrogen-bond acceptors (Lipinski definition) is 5. The highest BCUT2D eigenvalue weighted by Crippen LogP contribution is 2.19. The highest BCUT2D eigenvalue weighted by molar-refractivity contribution is 7.90. The lowest BCUT2D eigenvalue weighted by Gasteiger charge is -2.23. The molecule has 0 spiro atoms. The molecular formula is C20H29N5O5S. The molecular weight excluding hydrogens is 422 g/mol. The second-order valence-electron chi connectivity index (χ2n) is 7.76. The molecule has 170 valence electrons. The monoisotopic (exact) mass is 451 g/mol. The first kappa shape index (κ1) is 24.4. The average Bonchev–Trinajstić information content (AvgIpc) is 3.07. The summed E-state index contributed by atoms with van der Waals surface area (Å²) < 4.78 is 26.5. The molecule has 11 heteroatoms. The van der Waals surface area contributed by atoms with E-state index < -0.39 is 45.6 Å². The largest absolute Gasteiger partial charge is 0.369 e. The highest BCUT2D eigenvalue weighted by Gasteiger charge is 2.30. The minimum absolute atomic E-state index is 0.0286. The van der Waals surface area contributed by atoms with Crippen molar-refractivity contribution in [3.05, 3.63) is 36.0 Å². The van der Waals surface area contributed by atoms with Crippen LogP contribution in [-0.4, -0.2) is 56.0 Å². The van der Waals surface area contributed by atoms with Crippen LogP contribution in [0.15, 0.2) is 30.5 Å². The number of nitrogens with two attached hydrogens (primary N) is 1. The number of H-pyrrole nitrogens is 1. The van der Waals surface area contributed by atoms with E-state index in [0.717, 1.165) is 16.5 Å². The molecule has 31 heavy (non-hydrogen) atoms. The number of benzene rings is 1. The van der Waals surface area contributed by atoms with Crippen LogP contribution in [0.2, 0.25) is 0 Å². The fourth-order valence-corrected chi connectivity index (χ4v) is 4.40. The highest BCUT2D eigenvalue weighted by atomic mass is 32.2. The summed E-state index contributed by atoms with van der Waals surface area (Å²) in [6.07, 6.45) is 2.16. The maximum absolute atomic E-state index is 12.9. The molecule has 0 aliphatic heterocycles. The molecule has 2 aromatic rings. The molecule has 2 atom stereocenters. The fraction of sp³-hybridized carbons (Fsp3) is 0.450. The minimum atomic E-state index is -4.10. The van der Waals surface area contributed by atoms with Gasteiger partial charge in [-0.25, -0.2) is 13.1 Å². The number of carbonyl (C=O) groups excluding carboxylic acids is 3. The van der Waals surface area contributed by atoms with E-state index in [2.05, 4.69) is 20.3 Å². The van der Waals surface area contributed by atoms with Crippen molar-refractivity contribution in [2.75, 3.05) is 12.8 Å². The quantitative estimate of drug-likeness (QED) is 0.318. The third kappa shape index (κ3) is 7.07. The molecule has 0 radical (unpaired) electrons. The number of hydrogen-bond donors (Lipinski definition) is 5. The second kappa shape index (κ2) is 10.4. The molecule has 0 aliphatic carbocycles. The summed E-state index contributed by atoms with van der Waals surface area (Å²) in [4.78, 5) is 39.5. The van der Waals surface area contributed by atoms with Gasteiger partial charge < -0.3 is 21.4 Å². The molecule has 0 saturated carbocycles. The Morgan fingerprint density at radius 2 is 1.77 bits per heavy atom. The SMILES string of the molecule is CNC(=O)C(Cc1c[nH]c2ccccc12)NC(=O)C(CC(C)C)NS(=O)(=O)CC(N)=O. The van der Waals surface area contributed by atoms with E-state index in [1.165, 1.54) is 7.05 Å². The third-order valence-electron chi connectivity index (χ3n) is 4.66. The maximum atomic E-state index is 12.9. The van der Waals surface area contributed by atoms with Crippen molar-refractivity contribution in [3.63, 3.8) is 0 Å². The van der Waals surface area contributed by atoms with Gasteiger partial charge in [0.15, 0.2) is 0 Å². The number of aromatic nitrogens is 1. The van der Waals surface area contributed by atoms with Crippen LogP contribution in [0.1, 0.15) is 25.8 Å². The van der Waals surface area contributed by atoms with E-state index >= 15 is 0 Å². The Morgan fingerprint density at radius 3 is 2.39 bits per heavy atom. The first-order valence-electron chi connectivity index (χ1n) is 9.87. The van der Waals surface area contributed by atoms with E-state index in [1.807, 2.05) is 38.1 Å². The van der Waals surface area contributed by atoms with Crippen molar-refractivity contribution >= 4 is 38.6 Å². The van der Waals surface area contributed by atoms with Crippen LogP contribution in [0.25, 0.3) is 10.9 Å². The van der Waals surface area contributed by atoms with E-state index in [0.29, 0.717) is 0 Å². The van der Waals surface area contributed by atoms with Gasteiger partial charge in [0.2, 0.25) is 27.7 Å². The Kier molecular flexibility index (Phi) is 8.17. The van der Waals surface area contributed by atoms with Crippen LogP contribution in [-0.2, 0) is 30.8 Å². The van der Waals surface area contributed by atoms with Crippen LogP contribution < -0.4 is 21.1 Å². The van der Waals surface area contributed by atoms with Crippen LogP contribution in [0.3, 0.4) is 0 Å². The topological polar surface area (TPSA) is 163 Å². The first-order valence-corrected chi connectivity index (χ1v) is 11.5. The predicted molar refractivity (Wildman–Crippen MR) is 117 cm³/mol. The Bertz CT molecular complexity index is 1050. The minimum Gasteiger partial charge on any atom is -0.369 e. The van der Waals surface area contributed by atoms with Crippen LogP contribution in [0, 0.1) is 5.92 Å². The standard InChI is InChI=1S/C20H29N5O5S/c1-12(2)8-17(25-31(29,30)11-18(21)26)20(28)24-16(19(27)22-3)9-13-10-23-15-7-5-4-6-14(13)15/h4-7,10,12,16-17,23,25H,8-9,11H2,1-3H3,(H2,21,26)(H,22,27)(H,24,28). The Hall–Kier alpha value is -2.92. The zero-order valence-electron chi connectivity index (χ0n) is 17.8. The van der Waals surface area contributed by atoms with Gasteiger partial charge in [0.1, 0.15) is 17.8 Å². The maximum Gasteiger partial charge on any atom is 0.242 e. The van der Waals surface area contributed by atoms with Gasteiger partial charge in [-0.15, -0.1) is 0 Å². The zero-order chi connectivity index (χ0) is 23.2.